The molecular weight excluding hydrogens is 537 g/mol. The summed E-state index contributed by atoms with van der Waals surface area (Å²) in [5.41, 5.74) is 3.69. The topological polar surface area (TPSA) is 91.1 Å². The molecule has 0 radical (unpaired) electrons. The molecule has 3 aromatic rings. The van der Waals surface area contributed by atoms with Crippen molar-refractivity contribution in [3.05, 3.63) is 81.9 Å². The maximum Gasteiger partial charge on any atom is 0.267 e. The van der Waals surface area contributed by atoms with Gasteiger partial charge in [-0.15, -0.1) is 0 Å². The van der Waals surface area contributed by atoms with Gasteiger partial charge in [-0.25, -0.2) is 12.8 Å². The van der Waals surface area contributed by atoms with E-state index in [9.17, 15) is 17.6 Å². The van der Waals surface area contributed by atoms with Crippen molar-refractivity contribution in [2.24, 2.45) is 0 Å². The van der Waals surface area contributed by atoms with Crippen LogP contribution in [0.3, 0.4) is 0 Å². The number of rotatable bonds is 5. The number of aromatic nitrogens is 1. The molecule has 1 aliphatic heterocycles. The molecule has 3 N–H and O–H groups in total. The van der Waals surface area contributed by atoms with E-state index in [2.05, 4.69) is 15.6 Å². The summed E-state index contributed by atoms with van der Waals surface area (Å²) >= 11 is 6.01. The first-order chi connectivity index (χ1) is 18.8. The van der Waals surface area contributed by atoms with Gasteiger partial charge in [0, 0.05) is 30.7 Å². The Balaban J connectivity index is 1.22. The summed E-state index contributed by atoms with van der Waals surface area (Å²) < 4.78 is 39.5. The number of hydrogen-bond donors (Lipinski definition) is 3. The molecule has 1 amide bonds. The van der Waals surface area contributed by atoms with Crippen LogP contribution in [-0.4, -0.2) is 24.8 Å². The second-order valence-corrected chi connectivity index (χ2v) is 13.2. The van der Waals surface area contributed by atoms with Crippen molar-refractivity contribution in [3.63, 3.8) is 0 Å². The number of fused-ring (bicyclic) bond motifs is 1. The van der Waals surface area contributed by atoms with Crippen molar-refractivity contribution in [1.29, 1.82) is 0 Å². The monoisotopic (exact) mass is 571 g/mol. The number of nitrogens with one attached hydrogen (secondary N) is 3. The second-order valence-electron chi connectivity index (χ2n) is 10.9. The molecule has 2 heterocycles. The van der Waals surface area contributed by atoms with Crippen LogP contribution in [0.1, 0.15) is 85.1 Å². The first-order valence-corrected chi connectivity index (χ1v) is 15.6. The Hall–Kier alpha value is -2.68. The third kappa shape index (κ3) is 6.39. The summed E-state index contributed by atoms with van der Waals surface area (Å²) in [7, 11) is -3.98. The number of halogens is 2. The summed E-state index contributed by atoms with van der Waals surface area (Å²) in [4.78, 5) is 16.1. The quantitative estimate of drug-likeness (QED) is 0.327. The van der Waals surface area contributed by atoms with E-state index in [0.29, 0.717) is 5.69 Å². The zero-order valence-corrected chi connectivity index (χ0v) is 23.6. The summed E-state index contributed by atoms with van der Waals surface area (Å²) in [5, 5.41) is 6.71. The van der Waals surface area contributed by atoms with E-state index >= 15 is 0 Å². The fourth-order valence-corrected chi connectivity index (χ4v) is 7.59. The van der Waals surface area contributed by atoms with Gasteiger partial charge in [-0.1, -0.05) is 68.7 Å². The molecule has 0 saturated heterocycles. The van der Waals surface area contributed by atoms with Crippen molar-refractivity contribution >= 4 is 27.3 Å². The van der Waals surface area contributed by atoms with Gasteiger partial charge in [0.25, 0.3) is 5.91 Å². The molecule has 5 rings (SSSR count). The number of aromatic amines is 1. The van der Waals surface area contributed by atoms with E-state index in [4.69, 9.17) is 11.6 Å². The number of amides is 1. The molecule has 6 nitrogen and oxygen atoms in total. The maximum absolute atomic E-state index is 13.6. The zero-order chi connectivity index (χ0) is 27.5. The van der Waals surface area contributed by atoms with Crippen molar-refractivity contribution < 1.29 is 17.6 Å². The number of hydrogen-bond acceptors (Lipinski definition) is 4. The third-order valence-corrected chi connectivity index (χ3v) is 10.3. The highest BCUT2D eigenvalue weighted by Gasteiger charge is 2.34. The van der Waals surface area contributed by atoms with E-state index < -0.39 is 15.7 Å². The van der Waals surface area contributed by atoms with E-state index in [-0.39, 0.29) is 32.8 Å². The minimum absolute atomic E-state index is 0.00379. The molecule has 1 aliphatic carbocycles. The normalized spacial score (nSPS) is 17.9. The van der Waals surface area contributed by atoms with E-state index in [1.165, 1.54) is 76.0 Å². The number of benzene rings is 2. The van der Waals surface area contributed by atoms with Crippen LogP contribution in [0.25, 0.3) is 0 Å². The molecule has 1 saturated carbocycles. The van der Waals surface area contributed by atoms with Gasteiger partial charge in [0.2, 0.25) is 9.84 Å². The molecule has 1 fully saturated rings. The molecule has 0 atom stereocenters. The Kier molecular flexibility index (Phi) is 8.45. The largest absolute Gasteiger partial charge is 0.354 e. The lowest BCUT2D eigenvalue weighted by Gasteiger charge is -2.39. The molecule has 208 valence electrons. The molecule has 39 heavy (non-hydrogen) atoms. The number of sulfone groups is 1. The molecule has 2 aromatic carbocycles. The molecular formula is C30H35ClFN3O3S. The lowest BCUT2D eigenvalue weighted by atomic mass is 9.79. The van der Waals surface area contributed by atoms with Gasteiger partial charge < -0.3 is 15.6 Å². The smallest absolute Gasteiger partial charge is 0.267 e. The van der Waals surface area contributed by atoms with Gasteiger partial charge in [-0.2, -0.15) is 0 Å². The second kappa shape index (κ2) is 11.8. The van der Waals surface area contributed by atoms with Crippen LogP contribution in [0.2, 0.25) is 5.02 Å². The average Bonchev–Trinajstić information content (AvgIpc) is 3.36. The Morgan fingerprint density at radius 1 is 0.949 bits per heavy atom. The molecule has 9 heteroatoms. The van der Waals surface area contributed by atoms with Crippen LogP contribution in [0.4, 0.5) is 4.39 Å². The summed E-state index contributed by atoms with van der Waals surface area (Å²) in [6.45, 7) is 1.01. The minimum Gasteiger partial charge on any atom is -0.354 e. The van der Waals surface area contributed by atoms with Crippen molar-refractivity contribution in [2.75, 3.05) is 0 Å². The SMILES string of the molecule is O=C(NCc1ccc(S(=O)(=O)c2cc(F)ccc2Cl)cc1)c1cc2c([nH]1)CC1(CCCCCCCCC1)NC2. The van der Waals surface area contributed by atoms with Crippen molar-refractivity contribution in [1.82, 2.24) is 15.6 Å². The average molecular weight is 572 g/mol. The first-order valence-electron chi connectivity index (χ1n) is 13.8. The van der Waals surface area contributed by atoms with E-state index in [1.807, 2.05) is 6.07 Å². The van der Waals surface area contributed by atoms with Crippen LogP contribution in [0.15, 0.2) is 58.3 Å². The summed E-state index contributed by atoms with van der Waals surface area (Å²) in [6, 6.07) is 11.3. The fourth-order valence-electron chi connectivity index (χ4n) is 5.82. The Morgan fingerprint density at radius 3 is 2.31 bits per heavy atom. The molecule has 0 bridgehead atoms. The highest BCUT2D eigenvalue weighted by Crippen LogP contribution is 2.33. The van der Waals surface area contributed by atoms with E-state index in [1.54, 1.807) is 12.1 Å². The van der Waals surface area contributed by atoms with Crippen LogP contribution in [-0.2, 0) is 29.3 Å². The van der Waals surface area contributed by atoms with Crippen LogP contribution in [0, 0.1) is 5.82 Å². The van der Waals surface area contributed by atoms with Crippen molar-refractivity contribution in [2.45, 2.75) is 92.6 Å². The predicted octanol–water partition coefficient (Wildman–Crippen LogP) is 6.48. The zero-order valence-electron chi connectivity index (χ0n) is 22.0. The molecule has 2 aliphatic rings. The predicted molar refractivity (Wildman–Crippen MR) is 150 cm³/mol. The number of carbonyl (C=O) groups is 1. The lowest BCUT2D eigenvalue weighted by Crippen LogP contribution is -2.49. The van der Waals surface area contributed by atoms with Gasteiger partial charge >= 0.3 is 0 Å². The Morgan fingerprint density at radius 2 is 1.62 bits per heavy atom. The Bertz CT molecular complexity index is 1430. The fraction of sp³-hybridized carbons (Fsp3) is 0.433. The standard InChI is InChI=1S/C30H35ClFN3O3S/c31-25-13-10-23(32)17-28(25)39(37,38)24-11-8-21(9-12-24)19-33-29(36)26-16-22-20-34-30(18-27(22)35-26)14-6-4-2-1-3-5-7-15-30/h8-13,16-17,34-35H,1-7,14-15,18-20H2,(H,33,36). The van der Waals surface area contributed by atoms with Gasteiger partial charge in [0.1, 0.15) is 11.5 Å². The van der Waals surface area contributed by atoms with Crippen LogP contribution < -0.4 is 10.6 Å². The summed E-state index contributed by atoms with van der Waals surface area (Å²) in [5.74, 6) is -0.877. The van der Waals surface area contributed by atoms with Crippen LogP contribution in [0.5, 0.6) is 0 Å². The first kappa shape index (κ1) is 27.9. The Labute approximate surface area is 234 Å². The molecule has 1 spiro atoms. The van der Waals surface area contributed by atoms with Crippen molar-refractivity contribution in [3.8, 4) is 0 Å². The molecule has 1 aromatic heterocycles. The maximum atomic E-state index is 13.6. The number of H-pyrrole nitrogens is 1. The minimum atomic E-state index is -3.98. The number of carbonyl (C=O) groups excluding carboxylic acids is 1. The van der Waals surface area contributed by atoms with Gasteiger partial charge in [0.15, 0.2) is 0 Å². The highest BCUT2D eigenvalue weighted by molar-refractivity contribution is 7.91. The highest BCUT2D eigenvalue weighted by atomic mass is 35.5. The van der Waals surface area contributed by atoms with Crippen LogP contribution >= 0.6 is 11.6 Å². The third-order valence-electron chi connectivity index (χ3n) is 8.09. The van der Waals surface area contributed by atoms with Gasteiger partial charge in [-0.3, -0.25) is 4.79 Å². The lowest BCUT2D eigenvalue weighted by molar-refractivity contribution is 0.0946. The van der Waals surface area contributed by atoms with E-state index in [0.717, 1.165) is 41.9 Å². The van der Waals surface area contributed by atoms with Gasteiger partial charge in [0.05, 0.1) is 14.8 Å². The van der Waals surface area contributed by atoms with Gasteiger partial charge in [-0.05, 0) is 60.4 Å². The molecule has 0 unspecified atom stereocenters. The summed E-state index contributed by atoms with van der Waals surface area (Å²) in [6.07, 6.45) is 12.3.